The minimum absolute atomic E-state index is 0.0135. The number of ketones is 1. The second-order valence-electron chi connectivity index (χ2n) is 22.8. The van der Waals surface area contributed by atoms with Crippen LogP contribution in [-0.4, -0.2) is 122 Å². The van der Waals surface area contributed by atoms with Gasteiger partial charge in [0.25, 0.3) is 0 Å². The predicted octanol–water partition coefficient (Wildman–Crippen LogP) is 7.72. The van der Waals surface area contributed by atoms with Gasteiger partial charge in [0, 0.05) is 83.2 Å². The molecule has 418 valence electrons. The minimum Gasteiger partial charge on any atom is -0.423 e. The van der Waals surface area contributed by atoms with Gasteiger partial charge in [-0.2, -0.15) is 5.26 Å². The van der Waals surface area contributed by atoms with Crippen molar-refractivity contribution >= 4 is 94.3 Å². The summed E-state index contributed by atoms with van der Waals surface area (Å²) in [5, 5.41) is 62.4. The Kier molecular flexibility index (Phi) is 19.1. The average Bonchev–Trinajstić information content (AvgIpc) is 2.67. The number of allylic oxidation sites excluding steroid dienone is 6. The molecule has 0 aromatic heterocycles. The predicted molar refractivity (Wildman–Crippen MR) is 338 cm³/mol. The maximum atomic E-state index is 12.8. The van der Waals surface area contributed by atoms with Crippen LogP contribution in [0.15, 0.2) is 150 Å². The second-order valence-corrected chi connectivity index (χ2v) is 27.1. The van der Waals surface area contributed by atoms with Gasteiger partial charge in [0.15, 0.2) is 17.2 Å². The molecule has 0 unspecified atom stereocenters. The lowest BCUT2D eigenvalue weighted by Gasteiger charge is -2.38. The number of benzene rings is 6. The van der Waals surface area contributed by atoms with Crippen LogP contribution in [-0.2, 0) is 35.8 Å². The summed E-state index contributed by atoms with van der Waals surface area (Å²) < 4.78 is 2.16. The lowest BCUT2D eigenvalue weighted by atomic mass is 9.76. The number of hydrogen-bond donors (Lipinski definition) is 5. The van der Waals surface area contributed by atoms with Crippen molar-refractivity contribution < 1.29 is 34.3 Å². The Bertz CT molecular complexity index is 3750. The van der Waals surface area contributed by atoms with E-state index in [9.17, 15) is 34.9 Å². The summed E-state index contributed by atoms with van der Waals surface area (Å²) in [6.07, 6.45) is 9.05. The number of fused-ring (bicyclic) bond motifs is 4. The van der Waals surface area contributed by atoms with Crippen LogP contribution >= 0.6 is 0 Å². The zero-order valence-corrected chi connectivity index (χ0v) is 49.6. The number of rotatable bonds is 23. The van der Waals surface area contributed by atoms with Crippen molar-refractivity contribution in [2.24, 2.45) is 0 Å². The van der Waals surface area contributed by atoms with E-state index in [1.165, 1.54) is 21.5 Å². The zero-order valence-electron chi connectivity index (χ0n) is 48.6. The van der Waals surface area contributed by atoms with Crippen molar-refractivity contribution in [3.8, 4) is 6.07 Å². The van der Waals surface area contributed by atoms with Crippen LogP contribution in [0, 0.1) is 17.9 Å². The van der Waals surface area contributed by atoms with E-state index in [1.807, 2.05) is 12.1 Å². The molecule has 0 fully saturated rings. The van der Waals surface area contributed by atoms with Gasteiger partial charge >= 0.3 is 14.2 Å². The van der Waals surface area contributed by atoms with Gasteiger partial charge in [-0.05, 0) is 169 Å². The largest absolute Gasteiger partial charge is 0.488 e. The maximum Gasteiger partial charge on any atom is 0.488 e. The summed E-state index contributed by atoms with van der Waals surface area (Å²) in [6.45, 7) is 26.6. The molecular formula is C66H74B2N7O6Si+. The van der Waals surface area contributed by atoms with Crippen molar-refractivity contribution in [1.29, 1.82) is 5.26 Å². The minimum atomic E-state index is -2.32. The number of anilines is 1. The zero-order chi connectivity index (χ0) is 59.2. The highest BCUT2D eigenvalue weighted by Crippen LogP contribution is 2.44. The SMILES string of the molecule is [C-]#[N+]c1ccc(B(O)O)c(CN(CCCCC(=O)C(=C)C)Cc2c3ccccc3c(CN(CCCNC(=O)C(=C)C)Cc3cc(C#N)ccc3B(O)O)c3ccc(C4=C5C=CC(=[N+](C)C)C=C5[Si](C)(C)c5cc(N(C)C)ccc54)cc23)c1. The maximum absolute atomic E-state index is 12.8. The van der Waals surface area contributed by atoms with Gasteiger partial charge in [0.2, 0.25) is 5.91 Å². The molecule has 0 saturated carbocycles. The number of nitrogens with one attached hydrogen (secondary N) is 1. The molecule has 82 heavy (non-hydrogen) atoms. The van der Waals surface area contributed by atoms with Crippen molar-refractivity contribution in [3.05, 3.63) is 201 Å². The molecule has 8 rings (SSSR count). The molecule has 13 nitrogen and oxygen atoms in total. The van der Waals surface area contributed by atoms with E-state index >= 15 is 0 Å². The number of carbonyl (C=O) groups is 2. The highest BCUT2D eigenvalue weighted by atomic mass is 28.3. The number of carbonyl (C=O) groups excluding carboxylic acids is 2. The number of unbranched alkanes of at least 4 members (excludes halogenated alkanes) is 1. The summed E-state index contributed by atoms with van der Waals surface area (Å²) in [4.78, 5) is 35.9. The highest BCUT2D eigenvalue weighted by Gasteiger charge is 2.41. The molecule has 6 aromatic carbocycles. The first-order valence-electron chi connectivity index (χ1n) is 27.9. The summed E-state index contributed by atoms with van der Waals surface area (Å²) in [5.41, 5.74) is 12.4. The molecule has 0 bridgehead atoms. The van der Waals surface area contributed by atoms with Gasteiger partial charge in [-0.3, -0.25) is 19.4 Å². The first-order valence-corrected chi connectivity index (χ1v) is 30.9. The summed E-state index contributed by atoms with van der Waals surface area (Å²) in [7, 11) is 2.45. The van der Waals surface area contributed by atoms with Crippen LogP contribution in [0.1, 0.15) is 78.5 Å². The van der Waals surface area contributed by atoms with E-state index in [4.69, 9.17) is 6.57 Å². The van der Waals surface area contributed by atoms with Crippen molar-refractivity contribution in [3.63, 3.8) is 0 Å². The van der Waals surface area contributed by atoms with Crippen LogP contribution in [0.3, 0.4) is 0 Å². The number of amides is 1. The summed E-state index contributed by atoms with van der Waals surface area (Å²) in [6, 6.07) is 34.1. The quantitative estimate of drug-likeness (QED) is 0.0107. The van der Waals surface area contributed by atoms with Crippen LogP contribution < -0.4 is 26.3 Å². The van der Waals surface area contributed by atoms with Gasteiger partial charge in [0.05, 0.1) is 18.2 Å². The molecule has 6 aromatic rings. The Morgan fingerprint density at radius 3 is 1.96 bits per heavy atom. The molecule has 2 aliphatic rings. The summed E-state index contributed by atoms with van der Waals surface area (Å²) >= 11 is 0. The van der Waals surface area contributed by atoms with E-state index in [2.05, 4.69) is 157 Å². The van der Waals surface area contributed by atoms with E-state index in [-0.39, 0.29) is 24.8 Å². The molecule has 1 aliphatic carbocycles. The fraction of sp³-hybridized carbons (Fsp3) is 0.288. The third kappa shape index (κ3) is 13.3. The Balaban J connectivity index is 1.39. The number of nitrogens with zero attached hydrogens (tertiary/aromatic N) is 6. The standard InChI is InChI=1S/C66H73B2N7O6Si/c1-43(2)62(76)19-14-15-31-74(40-48-34-49(70-5)22-29-61(48)68(80)81)42-59-53-18-13-12-17-52(53)58(41-75(32-16-30-71-66(77)44(3)4)39-47-33-45(38-69)20-28-60(47)67(78)79)54-25-21-46(35-57(54)59)65-55-26-23-50(72(6)7)36-63(55)82(10,11)64-37-51(73(8)9)24-27-56(64)65/h12-13,17-18,20-29,33-37,78-81H,1,3,14-16,19,30-32,39-42H2,2,4,6-11H3/p+1. The molecule has 1 amide bonds. The highest BCUT2D eigenvalue weighted by molar-refractivity contribution is 6.98. The van der Waals surface area contributed by atoms with Crippen molar-refractivity contribution in [2.45, 2.75) is 78.8 Å². The molecule has 1 aliphatic heterocycles. The fourth-order valence-electron chi connectivity index (χ4n) is 11.5. The first kappa shape index (κ1) is 60.3. The van der Waals surface area contributed by atoms with E-state index in [0.717, 1.165) is 55.2 Å². The van der Waals surface area contributed by atoms with Gasteiger partial charge in [-0.1, -0.05) is 93.0 Å². The van der Waals surface area contributed by atoms with E-state index < -0.39 is 22.3 Å². The van der Waals surface area contributed by atoms with Gasteiger partial charge in [-0.25, -0.2) is 9.42 Å². The lowest BCUT2D eigenvalue weighted by molar-refractivity contribution is -0.462. The van der Waals surface area contributed by atoms with E-state index in [1.54, 1.807) is 50.2 Å². The van der Waals surface area contributed by atoms with Crippen LogP contribution in [0.2, 0.25) is 13.1 Å². The number of nitriles is 1. The molecule has 0 radical (unpaired) electrons. The lowest BCUT2D eigenvalue weighted by Crippen LogP contribution is -2.49. The molecule has 16 heteroatoms. The Morgan fingerprint density at radius 2 is 1.37 bits per heavy atom. The van der Waals surface area contributed by atoms with E-state index in [0.29, 0.717) is 103 Å². The van der Waals surface area contributed by atoms with Crippen molar-refractivity contribution in [2.75, 3.05) is 52.7 Å². The van der Waals surface area contributed by atoms with Crippen LogP contribution in [0.4, 0.5) is 11.4 Å². The van der Waals surface area contributed by atoms with Gasteiger partial charge in [-0.15, -0.1) is 0 Å². The average molecular weight is 1110 g/mol. The second kappa shape index (κ2) is 26.0. The Labute approximate surface area is 485 Å². The molecule has 0 atom stereocenters. The molecular weight excluding hydrogens is 1040 g/mol. The number of hydrogen-bond acceptors (Lipinski definition) is 10. The first-order chi connectivity index (χ1) is 39.1. The molecule has 5 N–H and O–H groups in total. The summed E-state index contributed by atoms with van der Waals surface area (Å²) in [5.74, 6) is -0.220. The van der Waals surface area contributed by atoms with Crippen LogP contribution in [0.5, 0.6) is 0 Å². The Morgan fingerprint density at radius 1 is 0.744 bits per heavy atom. The smallest absolute Gasteiger partial charge is 0.423 e. The third-order valence-electron chi connectivity index (χ3n) is 16.0. The van der Waals surface area contributed by atoms with Gasteiger partial charge in [0.1, 0.15) is 22.2 Å². The molecule has 1 heterocycles. The van der Waals surface area contributed by atoms with Crippen molar-refractivity contribution in [1.82, 2.24) is 15.1 Å². The Hall–Kier alpha value is -7.76. The molecule has 0 spiro atoms. The van der Waals surface area contributed by atoms with Gasteiger partial charge < -0.3 is 30.3 Å². The van der Waals surface area contributed by atoms with Crippen LogP contribution in [0.25, 0.3) is 32.0 Å². The number of Topliss-reactive ketones (excluding diaryl/α,β-unsaturated/α-hetero) is 1. The topological polar surface area (TPSA) is 168 Å². The normalized spacial score (nSPS) is 13.4. The third-order valence-corrected chi connectivity index (χ3v) is 19.5. The fourth-order valence-corrected chi connectivity index (χ4v) is 14.6. The molecule has 0 saturated heterocycles. The monoisotopic (exact) mass is 1110 g/mol.